The molecular formula is C36H51N9O8Si. The van der Waals surface area contributed by atoms with Crippen LogP contribution in [0, 0.1) is 6.92 Å². The van der Waals surface area contributed by atoms with E-state index in [1.165, 1.54) is 31.4 Å². The second-order valence-electron chi connectivity index (χ2n) is 14.1. The zero-order chi connectivity index (χ0) is 40.0. The Bertz CT molecular complexity index is 2030. The van der Waals surface area contributed by atoms with E-state index < -0.39 is 26.0 Å². The number of aryl methyl sites for hydroxylation is 2. The number of hydrogen-bond acceptors (Lipinski definition) is 12. The molecule has 17 nitrogen and oxygen atoms in total. The van der Waals surface area contributed by atoms with Crippen LogP contribution in [0.5, 0.6) is 11.5 Å². The van der Waals surface area contributed by atoms with E-state index in [-0.39, 0.29) is 64.2 Å². The van der Waals surface area contributed by atoms with Crippen molar-refractivity contribution in [2.45, 2.75) is 72.3 Å². The normalized spacial score (nSPS) is 12.0. The maximum absolute atomic E-state index is 13.4. The first-order valence-electron chi connectivity index (χ1n) is 17.4. The molecule has 2 heterocycles. The number of carbonyl (C=O) groups excluding carboxylic acids is 3. The van der Waals surface area contributed by atoms with Gasteiger partial charge in [0.2, 0.25) is 17.8 Å². The number of ether oxygens (including phenoxy) is 2. The second kappa shape index (κ2) is 17.1. The van der Waals surface area contributed by atoms with E-state index in [1.54, 1.807) is 34.4 Å². The van der Waals surface area contributed by atoms with Gasteiger partial charge < -0.3 is 35.3 Å². The maximum Gasteiger partial charge on any atom is 0.276 e. The zero-order valence-electron chi connectivity index (χ0n) is 32.0. The molecule has 0 bridgehead atoms. The largest absolute Gasteiger partial charge is 0.494 e. The number of aromatic nitrogens is 4. The molecule has 0 atom stereocenters. The van der Waals surface area contributed by atoms with Crippen LogP contribution in [0.2, 0.25) is 18.1 Å². The predicted octanol–water partition coefficient (Wildman–Crippen LogP) is 5.06. The highest BCUT2D eigenvalue weighted by atomic mass is 28.4. The van der Waals surface area contributed by atoms with Crippen LogP contribution in [0.1, 0.15) is 71.0 Å². The summed E-state index contributed by atoms with van der Waals surface area (Å²) in [6.07, 6.45) is 4.10. The number of anilines is 3. The van der Waals surface area contributed by atoms with Crippen LogP contribution in [0.4, 0.5) is 17.3 Å². The summed E-state index contributed by atoms with van der Waals surface area (Å²) in [4.78, 5) is 42.2. The van der Waals surface area contributed by atoms with Crippen molar-refractivity contribution in [2.75, 3.05) is 42.7 Å². The van der Waals surface area contributed by atoms with Gasteiger partial charge in [-0.2, -0.15) is 5.10 Å². The maximum atomic E-state index is 13.4. The van der Waals surface area contributed by atoms with Gasteiger partial charge >= 0.3 is 0 Å². The van der Waals surface area contributed by atoms with E-state index in [0.717, 1.165) is 0 Å². The Morgan fingerprint density at radius 2 is 1.67 bits per heavy atom. The van der Waals surface area contributed by atoms with Crippen molar-refractivity contribution >= 4 is 54.4 Å². The Morgan fingerprint density at radius 1 is 1.00 bits per heavy atom. The summed E-state index contributed by atoms with van der Waals surface area (Å²) >= 11 is 0. The molecule has 4 rings (SSSR count). The SMILES string of the molecule is CCn1nc(C)cc1C(=O)Nc1nc2cc(C(N)=O)cc(OC)c2n1C/C=C/CNc1c(OCCCO[Si](C)(C)C(C)(C)C)cc(C(N)=O)cc1N(O)O. The quantitative estimate of drug-likeness (QED) is 0.0338. The summed E-state index contributed by atoms with van der Waals surface area (Å²) in [6, 6.07) is 7.36. The van der Waals surface area contributed by atoms with Crippen LogP contribution in [0.25, 0.3) is 11.0 Å². The molecule has 0 aliphatic heterocycles. The van der Waals surface area contributed by atoms with Crippen LogP contribution < -0.4 is 36.8 Å². The average Bonchev–Trinajstić information content (AvgIpc) is 3.65. The van der Waals surface area contributed by atoms with Crippen LogP contribution in [-0.4, -0.2) is 82.7 Å². The molecule has 2 aromatic carbocycles. The Kier molecular flexibility index (Phi) is 13.1. The predicted molar refractivity (Wildman–Crippen MR) is 207 cm³/mol. The molecule has 0 spiro atoms. The van der Waals surface area contributed by atoms with E-state index in [1.807, 2.05) is 6.92 Å². The van der Waals surface area contributed by atoms with Gasteiger partial charge in [0.05, 0.1) is 24.9 Å². The molecule has 0 saturated carbocycles. The molecular weight excluding hydrogens is 715 g/mol. The Labute approximate surface area is 314 Å². The summed E-state index contributed by atoms with van der Waals surface area (Å²) in [6.45, 7) is 16.0. The third-order valence-electron chi connectivity index (χ3n) is 9.22. The molecule has 292 valence electrons. The molecule has 0 aliphatic carbocycles. The van der Waals surface area contributed by atoms with Gasteiger partial charge in [-0.3, -0.25) is 34.8 Å². The third-order valence-corrected chi connectivity index (χ3v) is 13.8. The highest BCUT2D eigenvalue weighted by Crippen LogP contribution is 2.38. The van der Waals surface area contributed by atoms with Crippen molar-refractivity contribution in [3.8, 4) is 11.5 Å². The molecule has 0 unspecified atom stereocenters. The molecule has 0 radical (unpaired) electrons. The number of benzene rings is 2. The van der Waals surface area contributed by atoms with Crippen molar-refractivity contribution in [3.63, 3.8) is 0 Å². The monoisotopic (exact) mass is 765 g/mol. The Morgan fingerprint density at radius 3 is 2.28 bits per heavy atom. The topological polar surface area (TPSA) is 234 Å². The van der Waals surface area contributed by atoms with Crippen molar-refractivity contribution in [3.05, 3.63) is 65.0 Å². The number of imidazole rings is 1. The van der Waals surface area contributed by atoms with Crippen molar-refractivity contribution in [2.24, 2.45) is 11.5 Å². The van der Waals surface area contributed by atoms with Gasteiger partial charge in [0.25, 0.3) is 5.91 Å². The lowest BCUT2D eigenvalue weighted by Gasteiger charge is -2.36. The number of amides is 3. The van der Waals surface area contributed by atoms with Gasteiger partial charge in [-0.1, -0.05) is 32.9 Å². The summed E-state index contributed by atoms with van der Waals surface area (Å²) in [5.74, 6) is -1.20. The summed E-state index contributed by atoms with van der Waals surface area (Å²) in [5, 5.41) is 30.4. The lowest BCUT2D eigenvalue weighted by Crippen LogP contribution is -2.41. The molecule has 18 heteroatoms. The van der Waals surface area contributed by atoms with Crippen molar-refractivity contribution in [1.82, 2.24) is 19.3 Å². The number of nitrogens with one attached hydrogen (secondary N) is 2. The Hall–Kier alpha value is -5.43. The van der Waals surface area contributed by atoms with Crippen molar-refractivity contribution in [1.29, 1.82) is 0 Å². The molecule has 0 fully saturated rings. The second-order valence-corrected chi connectivity index (χ2v) is 18.9. The fourth-order valence-electron chi connectivity index (χ4n) is 5.34. The van der Waals surface area contributed by atoms with Crippen LogP contribution in [-0.2, 0) is 17.5 Å². The smallest absolute Gasteiger partial charge is 0.276 e. The van der Waals surface area contributed by atoms with E-state index >= 15 is 0 Å². The third kappa shape index (κ3) is 9.56. The number of rotatable bonds is 18. The number of fused-ring (bicyclic) bond motifs is 1. The fourth-order valence-corrected chi connectivity index (χ4v) is 6.43. The van der Waals surface area contributed by atoms with Gasteiger partial charge in [-0.25, -0.2) is 4.98 Å². The van der Waals surface area contributed by atoms with Crippen LogP contribution in [0.3, 0.4) is 0 Å². The highest BCUT2D eigenvalue weighted by Gasteiger charge is 2.36. The molecule has 0 saturated heterocycles. The number of hydrogen-bond donors (Lipinski definition) is 6. The minimum atomic E-state index is -1.96. The number of nitrogens with two attached hydrogens (primary N) is 2. The minimum absolute atomic E-state index is 0.0128. The molecule has 0 aliphatic rings. The van der Waals surface area contributed by atoms with Gasteiger partial charge in [-0.05, 0) is 62.3 Å². The van der Waals surface area contributed by atoms with Crippen LogP contribution >= 0.6 is 0 Å². The molecule has 4 aromatic rings. The first kappa shape index (κ1) is 41.3. The molecule has 3 amide bonds. The first-order valence-corrected chi connectivity index (χ1v) is 20.3. The van der Waals surface area contributed by atoms with Gasteiger partial charge in [0.15, 0.2) is 8.32 Å². The minimum Gasteiger partial charge on any atom is -0.494 e. The number of primary amides is 2. The molecule has 54 heavy (non-hydrogen) atoms. The zero-order valence-corrected chi connectivity index (χ0v) is 33.0. The number of methoxy groups -OCH3 is 1. The van der Waals surface area contributed by atoms with E-state index in [4.69, 9.17) is 25.4 Å². The van der Waals surface area contributed by atoms with Gasteiger partial charge in [0, 0.05) is 43.8 Å². The number of carbonyl (C=O) groups is 3. The molecule has 8 N–H and O–H groups in total. The summed E-state index contributed by atoms with van der Waals surface area (Å²) in [5.41, 5.74) is 13.2. The van der Waals surface area contributed by atoms with Crippen molar-refractivity contribution < 1.29 is 38.7 Å². The van der Waals surface area contributed by atoms with E-state index in [2.05, 4.69) is 54.6 Å². The van der Waals surface area contributed by atoms with Gasteiger partial charge in [-0.15, -0.1) is 5.23 Å². The Balaban J connectivity index is 1.59. The summed E-state index contributed by atoms with van der Waals surface area (Å²) in [7, 11) is -0.512. The van der Waals surface area contributed by atoms with Crippen LogP contribution in [0.15, 0.2) is 42.5 Å². The standard InChI is InChI=1S/C36H51N9O8Si/c1-9-44-27(17-22(2)42-44)34(48)41-35-40-25-18-23(32(37)46)21-29(51-6)31(25)43(35)14-11-10-13-39-30-26(45(49)50)19-24(33(38)47)20-28(30)52-15-12-16-53-54(7,8)36(3,4)5/h10-11,17-21,39,49-50H,9,12-16H2,1-8H3,(H2,37,46)(H2,38,47)(H,40,41,48)/b11-10+. The number of nitrogens with zero attached hydrogens (tertiary/aromatic N) is 5. The summed E-state index contributed by atoms with van der Waals surface area (Å²) < 4.78 is 21.2. The molecule has 2 aromatic heterocycles. The lowest BCUT2D eigenvalue weighted by molar-refractivity contribution is 0.0294. The van der Waals surface area contributed by atoms with E-state index in [9.17, 15) is 24.8 Å². The van der Waals surface area contributed by atoms with E-state index in [0.29, 0.717) is 47.7 Å². The lowest BCUT2D eigenvalue weighted by atomic mass is 10.1. The highest BCUT2D eigenvalue weighted by molar-refractivity contribution is 6.74. The first-order chi connectivity index (χ1) is 25.4. The van der Waals surface area contributed by atoms with Gasteiger partial charge in [0.1, 0.15) is 34.1 Å². The fraction of sp³-hybridized carbons (Fsp3) is 0.417. The average molecular weight is 766 g/mol. The number of allylic oxidation sites excluding steroid dienone is 1.